The first-order valence-corrected chi connectivity index (χ1v) is 17.9. The average molecular weight is 651 g/mol. The minimum atomic E-state index is -0.537. The molecule has 0 saturated heterocycles. The molecule has 2 heteroatoms. The Bertz CT molecular complexity index is 2120. The highest BCUT2D eigenvalue weighted by molar-refractivity contribution is 5.87. The van der Waals surface area contributed by atoms with Crippen LogP contribution < -0.4 is 9.80 Å². The molecule has 6 rings (SSSR count). The summed E-state index contributed by atoms with van der Waals surface area (Å²) < 4.78 is 0. The molecule has 0 saturated carbocycles. The Morgan fingerprint density at radius 3 is 1.62 bits per heavy atom. The molecular formula is C48H46N2. The van der Waals surface area contributed by atoms with E-state index >= 15 is 0 Å². The third-order valence-corrected chi connectivity index (χ3v) is 9.97. The Hall–Kier alpha value is -5.62. The number of benzene rings is 5. The third-order valence-electron chi connectivity index (χ3n) is 9.97. The van der Waals surface area contributed by atoms with Crippen LogP contribution in [0.5, 0.6) is 0 Å². The number of fused-ring (bicyclic) bond motifs is 3. The minimum Gasteiger partial charge on any atom is -0.345 e. The summed E-state index contributed by atoms with van der Waals surface area (Å²) in [5.41, 5.74) is 13.9. The molecular weight excluding hydrogens is 605 g/mol. The van der Waals surface area contributed by atoms with Crippen molar-refractivity contribution in [1.29, 1.82) is 0 Å². The molecule has 0 spiro atoms. The van der Waals surface area contributed by atoms with E-state index in [-0.39, 0.29) is 0 Å². The van der Waals surface area contributed by atoms with Crippen molar-refractivity contribution < 1.29 is 0 Å². The van der Waals surface area contributed by atoms with Crippen molar-refractivity contribution in [3.05, 3.63) is 137 Å². The summed E-state index contributed by atoms with van der Waals surface area (Å²) in [5, 5.41) is 0. The fraction of sp³-hybridized carbons (Fsp3) is 0.250. The van der Waals surface area contributed by atoms with Crippen molar-refractivity contribution in [1.82, 2.24) is 0 Å². The molecule has 0 aromatic heterocycles. The van der Waals surface area contributed by atoms with Gasteiger partial charge < -0.3 is 9.80 Å². The summed E-state index contributed by atoms with van der Waals surface area (Å²) in [4.78, 5) is 4.61. The van der Waals surface area contributed by atoms with Gasteiger partial charge in [-0.1, -0.05) is 86.7 Å². The topological polar surface area (TPSA) is 6.48 Å². The molecule has 50 heavy (non-hydrogen) atoms. The Kier molecular flexibility index (Phi) is 10.5. The second-order valence-corrected chi connectivity index (χ2v) is 13.5. The highest BCUT2D eigenvalue weighted by Gasteiger charge is 2.39. The summed E-state index contributed by atoms with van der Waals surface area (Å²) in [7, 11) is 2.14. The largest absolute Gasteiger partial charge is 0.345 e. The first kappa shape index (κ1) is 34.3. The van der Waals surface area contributed by atoms with Gasteiger partial charge in [-0.25, -0.2) is 0 Å². The fourth-order valence-electron chi connectivity index (χ4n) is 7.01. The van der Waals surface area contributed by atoms with Crippen molar-refractivity contribution in [3.63, 3.8) is 0 Å². The number of aryl methyl sites for hydroxylation is 3. The molecule has 0 heterocycles. The van der Waals surface area contributed by atoms with Gasteiger partial charge in [0.25, 0.3) is 0 Å². The lowest BCUT2D eigenvalue weighted by Crippen LogP contribution is -2.19. The second-order valence-electron chi connectivity index (χ2n) is 13.5. The van der Waals surface area contributed by atoms with E-state index in [4.69, 9.17) is 6.42 Å². The molecule has 0 aliphatic heterocycles. The van der Waals surface area contributed by atoms with Crippen LogP contribution in [0, 0.1) is 42.9 Å². The lowest BCUT2D eigenvalue weighted by Gasteiger charge is -2.28. The molecule has 248 valence electrons. The minimum absolute atomic E-state index is 0.537. The van der Waals surface area contributed by atoms with Gasteiger partial charge in [0, 0.05) is 35.5 Å². The lowest BCUT2D eigenvalue weighted by molar-refractivity contribution is 0.777. The van der Waals surface area contributed by atoms with E-state index in [1.165, 1.54) is 70.3 Å². The molecule has 2 nitrogen and oxygen atoms in total. The summed E-state index contributed by atoms with van der Waals surface area (Å²) in [6, 6.07) is 40.4. The normalized spacial score (nSPS) is 13.9. The van der Waals surface area contributed by atoms with Crippen LogP contribution in [0.15, 0.2) is 109 Å². The molecule has 0 amide bonds. The Labute approximate surface area is 300 Å². The molecule has 1 aliphatic rings. The van der Waals surface area contributed by atoms with Gasteiger partial charge in [0.2, 0.25) is 0 Å². The standard InChI is InChI=1S/C48H46N2/c1-7-10-13-14-33-48(5)46-34-36(4)17-31-44(46)45-32-30-43(35-47(45)48)50(41-24-20-38(21-25-41)16-12-9-3)42-28-26-40(27-29-42)49(6)39-22-18-37(19-23-39)15-11-8-2/h1,17-32,34-35H,8-9,11-12,15-16H2,2-6H3. The van der Waals surface area contributed by atoms with E-state index in [0.29, 0.717) is 0 Å². The van der Waals surface area contributed by atoms with E-state index in [2.05, 4.69) is 183 Å². The zero-order valence-corrected chi connectivity index (χ0v) is 30.1. The average Bonchev–Trinajstić information content (AvgIpc) is 3.39. The molecule has 0 bridgehead atoms. The maximum absolute atomic E-state index is 5.40. The summed E-state index contributed by atoms with van der Waals surface area (Å²) in [6.45, 7) is 8.83. The molecule has 0 fully saturated rings. The van der Waals surface area contributed by atoms with Crippen LogP contribution in [-0.2, 0) is 18.3 Å². The number of terminal acetylenes is 1. The van der Waals surface area contributed by atoms with E-state index in [9.17, 15) is 0 Å². The van der Waals surface area contributed by atoms with Crippen molar-refractivity contribution in [3.8, 4) is 47.2 Å². The van der Waals surface area contributed by atoms with Crippen molar-refractivity contribution >= 4 is 28.4 Å². The van der Waals surface area contributed by atoms with Crippen LogP contribution in [0.4, 0.5) is 28.4 Å². The number of anilines is 5. The number of hydrogen-bond acceptors (Lipinski definition) is 2. The van der Waals surface area contributed by atoms with Gasteiger partial charge in [0.15, 0.2) is 0 Å². The first-order chi connectivity index (χ1) is 24.4. The van der Waals surface area contributed by atoms with E-state index < -0.39 is 5.41 Å². The van der Waals surface area contributed by atoms with Gasteiger partial charge in [0.1, 0.15) is 0 Å². The first-order valence-electron chi connectivity index (χ1n) is 17.9. The fourth-order valence-corrected chi connectivity index (χ4v) is 7.01. The van der Waals surface area contributed by atoms with Gasteiger partial charge >= 0.3 is 0 Å². The van der Waals surface area contributed by atoms with Crippen molar-refractivity contribution in [2.45, 2.75) is 71.6 Å². The van der Waals surface area contributed by atoms with Gasteiger partial charge in [-0.05, 0) is 157 Å². The van der Waals surface area contributed by atoms with Crippen LogP contribution in [0.2, 0.25) is 0 Å². The number of hydrogen-bond donors (Lipinski definition) is 0. The van der Waals surface area contributed by atoms with Crippen LogP contribution >= 0.6 is 0 Å². The molecule has 5 aromatic rings. The number of unbranched alkanes of at least 4 members (excludes halogenated alkanes) is 2. The predicted molar refractivity (Wildman–Crippen MR) is 214 cm³/mol. The molecule has 1 unspecified atom stereocenters. The van der Waals surface area contributed by atoms with Gasteiger partial charge in [-0.3, -0.25) is 0 Å². The third kappa shape index (κ3) is 7.06. The Morgan fingerprint density at radius 1 is 0.580 bits per heavy atom. The van der Waals surface area contributed by atoms with Gasteiger partial charge in [-0.15, -0.1) is 6.42 Å². The highest BCUT2D eigenvalue weighted by atomic mass is 15.1. The predicted octanol–water partition coefficient (Wildman–Crippen LogP) is 11.8. The van der Waals surface area contributed by atoms with Crippen molar-refractivity contribution in [2.24, 2.45) is 0 Å². The van der Waals surface area contributed by atoms with Crippen molar-refractivity contribution in [2.75, 3.05) is 16.8 Å². The number of nitrogens with zero attached hydrogens (tertiary/aromatic N) is 2. The summed E-state index contributed by atoms with van der Waals surface area (Å²) >= 11 is 0. The quantitative estimate of drug-likeness (QED) is 0.131. The summed E-state index contributed by atoms with van der Waals surface area (Å²) in [5.74, 6) is 14.5. The molecule has 0 N–H and O–H groups in total. The SMILES string of the molecule is C#CC#CC#CC1(C)c2cc(C)ccc2-c2ccc(N(c3ccc(CCCC)cc3)c3ccc(N(C)c4ccc(CCCC)cc4)cc3)cc21. The van der Waals surface area contributed by atoms with Gasteiger partial charge in [0.05, 0.1) is 5.41 Å². The van der Waals surface area contributed by atoms with Crippen LogP contribution in [0.1, 0.15) is 74.3 Å². The second kappa shape index (κ2) is 15.3. The monoisotopic (exact) mass is 650 g/mol. The van der Waals surface area contributed by atoms with Crippen LogP contribution in [0.3, 0.4) is 0 Å². The zero-order chi connectivity index (χ0) is 35.1. The lowest BCUT2D eigenvalue weighted by atomic mass is 9.80. The van der Waals surface area contributed by atoms with Gasteiger partial charge in [-0.2, -0.15) is 0 Å². The molecule has 1 atom stereocenters. The molecule has 1 aliphatic carbocycles. The maximum Gasteiger partial charge on any atom is 0.0806 e. The molecule has 0 radical (unpaired) electrons. The smallest absolute Gasteiger partial charge is 0.0806 e. The van der Waals surface area contributed by atoms with Crippen LogP contribution in [-0.4, -0.2) is 7.05 Å². The van der Waals surface area contributed by atoms with E-state index in [0.717, 1.165) is 35.6 Å². The Balaban J connectivity index is 1.41. The molecule has 5 aromatic carbocycles. The highest BCUT2D eigenvalue weighted by Crippen LogP contribution is 2.51. The van der Waals surface area contributed by atoms with E-state index in [1.54, 1.807) is 0 Å². The maximum atomic E-state index is 5.40. The zero-order valence-electron chi connectivity index (χ0n) is 30.1. The Morgan fingerprint density at radius 2 is 1.06 bits per heavy atom. The van der Waals surface area contributed by atoms with Crippen LogP contribution in [0.25, 0.3) is 11.1 Å². The summed E-state index contributed by atoms with van der Waals surface area (Å²) in [6.07, 6.45) is 12.4. The van der Waals surface area contributed by atoms with E-state index in [1.807, 2.05) is 0 Å². The number of rotatable bonds is 11.